The second-order valence-corrected chi connectivity index (χ2v) is 7.31. The number of ketones is 1. The average Bonchev–Trinajstić information content (AvgIpc) is 2.77. The molecule has 3 aromatic carbocycles. The number of benzene rings is 3. The van der Waals surface area contributed by atoms with E-state index in [1.54, 1.807) is 37.5 Å². The van der Waals surface area contributed by atoms with Crippen LogP contribution in [0.2, 0.25) is 10.0 Å². The smallest absolute Gasteiger partial charge is 0.185 e. The van der Waals surface area contributed by atoms with Crippen LogP contribution in [0.3, 0.4) is 0 Å². The van der Waals surface area contributed by atoms with Crippen molar-refractivity contribution in [2.24, 2.45) is 0 Å². The maximum Gasteiger partial charge on any atom is 0.185 e. The number of phenolic OH excluding ortho intramolecular Hbond substituents is 1. The van der Waals surface area contributed by atoms with Gasteiger partial charge in [0.15, 0.2) is 23.0 Å². The van der Waals surface area contributed by atoms with Gasteiger partial charge in [-0.3, -0.25) is 4.79 Å². The highest BCUT2D eigenvalue weighted by Crippen LogP contribution is 2.34. The van der Waals surface area contributed by atoms with Crippen LogP contribution in [0.4, 0.5) is 0 Å². The quantitative estimate of drug-likeness (QED) is 0.321. The number of phenols is 1. The van der Waals surface area contributed by atoms with E-state index in [0.717, 1.165) is 11.1 Å². The van der Waals surface area contributed by atoms with Crippen LogP contribution in [0.25, 0.3) is 6.08 Å². The fourth-order valence-corrected chi connectivity index (χ4v) is 3.39. The van der Waals surface area contributed by atoms with Gasteiger partial charge in [-0.2, -0.15) is 0 Å². The molecule has 0 aliphatic rings. The summed E-state index contributed by atoms with van der Waals surface area (Å²) in [5, 5.41) is 10.5. The van der Waals surface area contributed by atoms with E-state index in [4.69, 9.17) is 37.4 Å². The lowest BCUT2D eigenvalue weighted by Crippen LogP contribution is -2.00. The van der Waals surface area contributed by atoms with Gasteiger partial charge in [-0.15, -0.1) is 0 Å². The predicted octanol–water partition coefficient (Wildman–Crippen LogP) is 6.19. The number of allylic oxidation sites excluding steroid dienone is 1. The summed E-state index contributed by atoms with van der Waals surface area (Å²) in [6.45, 7) is 0.178. The highest BCUT2D eigenvalue weighted by atomic mass is 35.5. The molecule has 0 atom stereocenters. The molecule has 0 amide bonds. The summed E-state index contributed by atoms with van der Waals surface area (Å²) in [6.07, 6.45) is 3.14. The number of aromatic hydroxyl groups is 1. The summed E-state index contributed by atoms with van der Waals surface area (Å²) in [6, 6.07) is 15.0. The monoisotopic (exact) mass is 458 g/mol. The van der Waals surface area contributed by atoms with Crippen molar-refractivity contribution in [3.05, 3.63) is 87.4 Å². The van der Waals surface area contributed by atoms with Crippen molar-refractivity contribution in [1.82, 2.24) is 0 Å². The zero-order chi connectivity index (χ0) is 22.4. The Balaban J connectivity index is 1.79. The summed E-state index contributed by atoms with van der Waals surface area (Å²) >= 11 is 12.3. The minimum absolute atomic E-state index is 0.0264. The number of ether oxygens (including phenoxy) is 3. The van der Waals surface area contributed by atoms with Crippen LogP contribution in [0.15, 0.2) is 60.7 Å². The zero-order valence-electron chi connectivity index (χ0n) is 16.9. The van der Waals surface area contributed by atoms with Gasteiger partial charge in [0.25, 0.3) is 0 Å². The molecule has 0 saturated carbocycles. The number of rotatable bonds is 8. The van der Waals surface area contributed by atoms with Crippen molar-refractivity contribution >= 4 is 35.1 Å². The van der Waals surface area contributed by atoms with Crippen molar-refractivity contribution in [1.29, 1.82) is 0 Å². The van der Waals surface area contributed by atoms with Crippen molar-refractivity contribution < 1.29 is 24.1 Å². The van der Waals surface area contributed by atoms with Crippen LogP contribution < -0.4 is 14.2 Å². The molecular formula is C24H20Cl2O5. The van der Waals surface area contributed by atoms with Gasteiger partial charge in [0.2, 0.25) is 0 Å². The predicted molar refractivity (Wildman–Crippen MR) is 122 cm³/mol. The SMILES string of the molecule is COc1cc(C(=O)/C=C/c2ccc(OC)c(COc3c(Cl)cccc3Cl)c2)ccc1O. The minimum Gasteiger partial charge on any atom is -0.504 e. The zero-order valence-corrected chi connectivity index (χ0v) is 18.4. The topological polar surface area (TPSA) is 65.0 Å². The van der Waals surface area contributed by atoms with Crippen LogP contribution >= 0.6 is 23.2 Å². The largest absolute Gasteiger partial charge is 0.504 e. The first-order valence-corrected chi connectivity index (χ1v) is 10.0. The molecule has 160 valence electrons. The third-order valence-corrected chi connectivity index (χ3v) is 5.08. The Bertz CT molecular complexity index is 1100. The number of hydrogen-bond donors (Lipinski definition) is 1. The molecule has 0 heterocycles. The van der Waals surface area contributed by atoms with Gasteiger partial charge in [0, 0.05) is 11.1 Å². The third-order valence-electron chi connectivity index (χ3n) is 4.49. The Morgan fingerprint density at radius 1 is 0.968 bits per heavy atom. The van der Waals surface area contributed by atoms with Crippen molar-refractivity contribution in [2.75, 3.05) is 14.2 Å². The molecule has 0 aliphatic carbocycles. The van der Waals surface area contributed by atoms with E-state index in [0.29, 0.717) is 27.1 Å². The van der Waals surface area contributed by atoms with E-state index in [-0.39, 0.29) is 23.9 Å². The van der Waals surface area contributed by atoms with E-state index in [1.807, 2.05) is 12.1 Å². The molecule has 7 heteroatoms. The lowest BCUT2D eigenvalue weighted by molar-refractivity contribution is 0.104. The van der Waals surface area contributed by atoms with Gasteiger partial charge in [0.05, 0.1) is 24.3 Å². The number of carbonyl (C=O) groups excluding carboxylic acids is 1. The first-order valence-electron chi connectivity index (χ1n) is 9.26. The lowest BCUT2D eigenvalue weighted by Gasteiger charge is -2.13. The first-order chi connectivity index (χ1) is 14.9. The van der Waals surface area contributed by atoms with Gasteiger partial charge in [0.1, 0.15) is 12.4 Å². The van der Waals surface area contributed by atoms with Crippen molar-refractivity contribution in [3.63, 3.8) is 0 Å². The average molecular weight is 459 g/mol. The van der Waals surface area contributed by atoms with Crippen LogP contribution in [0.5, 0.6) is 23.0 Å². The van der Waals surface area contributed by atoms with Gasteiger partial charge in [-0.05, 0) is 54.1 Å². The van der Waals surface area contributed by atoms with Gasteiger partial charge in [-0.25, -0.2) is 0 Å². The summed E-state index contributed by atoms with van der Waals surface area (Å²) in [4.78, 5) is 12.5. The second kappa shape index (κ2) is 10.2. The molecular weight excluding hydrogens is 439 g/mol. The maximum absolute atomic E-state index is 12.5. The number of methoxy groups -OCH3 is 2. The highest BCUT2D eigenvalue weighted by Gasteiger charge is 2.11. The maximum atomic E-state index is 12.5. The Morgan fingerprint density at radius 3 is 2.35 bits per heavy atom. The molecule has 0 bridgehead atoms. The molecule has 0 radical (unpaired) electrons. The molecule has 0 saturated heterocycles. The normalized spacial score (nSPS) is 10.8. The van der Waals surface area contributed by atoms with E-state index >= 15 is 0 Å². The molecule has 1 N–H and O–H groups in total. The van der Waals surface area contributed by atoms with Crippen LogP contribution in [0, 0.1) is 0 Å². The molecule has 31 heavy (non-hydrogen) atoms. The molecule has 3 rings (SSSR count). The summed E-state index contributed by atoms with van der Waals surface area (Å²) in [5.74, 6) is 1.01. The van der Waals surface area contributed by atoms with Crippen molar-refractivity contribution in [2.45, 2.75) is 6.61 Å². The van der Waals surface area contributed by atoms with E-state index in [2.05, 4.69) is 0 Å². The van der Waals surface area contributed by atoms with Crippen LogP contribution in [0.1, 0.15) is 21.5 Å². The number of hydrogen-bond acceptors (Lipinski definition) is 5. The standard InChI is InChI=1S/C24H20Cl2O5/c1-29-22-11-7-15(6-9-20(27)16-8-10-21(28)23(13-16)30-2)12-17(22)14-31-24-18(25)4-3-5-19(24)26/h3-13,28H,14H2,1-2H3/b9-6+. The van der Waals surface area contributed by atoms with Crippen LogP contribution in [-0.2, 0) is 6.61 Å². The Morgan fingerprint density at radius 2 is 1.68 bits per heavy atom. The third kappa shape index (κ3) is 5.51. The molecule has 5 nitrogen and oxygen atoms in total. The first kappa shape index (κ1) is 22.5. The summed E-state index contributed by atoms with van der Waals surface area (Å²) in [5.41, 5.74) is 1.94. The highest BCUT2D eigenvalue weighted by molar-refractivity contribution is 6.37. The molecule has 0 spiro atoms. The minimum atomic E-state index is -0.227. The Kier molecular flexibility index (Phi) is 7.45. The van der Waals surface area contributed by atoms with Gasteiger partial charge >= 0.3 is 0 Å². The summed E-state index contributed by atoms with van der Waals surface area (Å²) in [7, 11) is 2.99. The fraction of sp³-hybridized carbons (Fsp3) is 0.125. The molecule has 0 aromatic heterocycles. The second-order valence-electron chi connectivity index (χ2n) is 6.49. The molecule has 3 aromatic rings. The van der Waals surface area contributed by atoms with Crippen molar-refractivity contribution in [3.8, 4) is 23.0 Å². The van der Waals surface area contributed by atoms with Crippen LogP contribution in [-0.4, -0.2) is 25.1 Å². The van der Waals surface area contributed by atoms with Gasteiger partial charge < -0.3 is 19.3 Å². The molecule has 0 fully saturated rings. The van der Waals surface area contributed by atoms with E-state index < -0.39 is 0 Å². The van der Waals surface area contributed by atoms with E-state index in [1.165, 1.54) is 31.4 Å². The number of para-hydroxylation sites is 1. The molecule has 0 unspecified atom stereocenters. The Hall–Kier alpha value is -3.15. The summed E-state index contributed by atoms with van der Waals surface area (Å²) < 4.78 is 16.3. The van der Waals surface area contributed by atoms with Gasteiger partial charge in [-0.1, -0.05) is 41.4 Å². The number of halogens is 2. The molecule has 0 aliphatic heterocycles. The lowest BCUT2D eigenvalue weighted by atomic mass is 10.1. The Labute approximate surface area is 190 Å². The number of carbonyl (C=O) groups is 1. The van der Waals surface area contributed by atoms with E-state index in [9.17, 15) is 9.90 Å². The fourth-order valence-electron chi connectivity index (χ4n) is 2.88.